The second-order valence-corrected chi connectivity index (χ2v) is 3.52. The number of nitrogens with zero attached hydrogens (tertiary/aromatic N) is 1. The van der Waals surface area contributed by atoms with Crippen LogP contribution in [0, 0.1) is 0 Å². The standard InChI is InChI=1S/C9H13ClN2O/c1-5(2)8-6(10)4-7(11)9(12-8)13-3/h4-5H,11H2,1-3H3. The fourth-order valence-electron chi connectivity index (χ4n) is 1.07. The molecule has 2 N–H and O–H groups in total. The normalized spacial score (nSPS) is 10.5. The van der Waals surface area contributed by atoms with Gasteiger partial charge in [0.25, 0.3) is 0 Å². The summed E-state index contributed by atoms with van der Waals surface area (Å²) in [5.74, 6) is 0.704. The van der Waals surface area contributed by atoms with Crippen molar-refractivity contribution in [1.82, 2.24) is 4.98 Å². The molecule has 13 heavy (non-hydrogen) atoms. The zero-order chi connectivity index (χ0) is 10.0. The molecular formula is C9H13ClN2O. The Balaban J connectivity index is 3.22. The highest BCUT2D eigenvalue weighted by Gasteiger charge is 2.11. The number of hydrogen-bond acceptors (Lipinski definition) is 3. The Morgan fingerprint density at radius 1 is 1.54 bits per heavy atom. The molecular weight excluding hydrogens is 188 g/mol. The smallest absolute Gasteiger partial charge is 0.237 e. The molecule has 0 saturated heterocycles. The molecule has 3 nitrogen and oxygen atoms in total. The van der Waals surface area contributed by atoms with Crippen molar-refractivity contribution in [2.45, 2.75) is 19.8 Å². The van der Waals surface area contributed by atoms with Gasteiger partial charge in [0.05, 0.1) is 23.5 Å². The first-order chi connectivity index (χ1) is 6.06. The Bertz CT molecular complexity index is 313. The largest absolute Gasteiger partial charge is 0.480 e. The molecule has 0 saturated carbocycles. The average molecular weight is 201 g/mol. The molecule has 0 aliphatic carbocycles. The highest BCUT2D eigenvalue weighted by atomic mass is 35.5. The first kappa shape index (κ1) is 10.1. The lowest BCUT2D eigenvalue weighted by Gasteiger charge is -2.10. The maximum absolute atomic E-state index is 5.96. The fraction of sp³-hybridized carbons (Fsp3) is 0.444. The van der Waals surface area contributed by atoms with E-state index in [0.717, 1.165) is 5.69 Å². The Morgan fingerprint density at radius 3 is 2.62 bits per heavy atom. The van der Waals surface area contributed by atoms with E-state index in [1.54, 1.807) is 6.07 Å². The summed E-state index contributed by atoms with van der Waals surface area (Å²) >= 11 is 5.96. The van der Waals surface area contributed by atoms with Gasteiger partial charge in [0.2, 0.25) is 5.88 Å². The molecule has 0 unspecified atom stereocenters. The highest BCUT2D eigenvalue weighted by molar-refractivity contribution is 6.31. The van der Waals surface area contributed by atoms with Crippen molar-refractivity contribution in [3.63, 3.8) is 0 Å². The van der Waals surface area contributed by atoms with Gasteiger partial charge in [-0.15, -0.1) is 0 Å². The lowest BCUT2D eigenvalue weighted by molar-refractivity contribution is 0.398. The SMILES string of the molecule is COc1nc(C(C)C)c(Cl)cc1N. The average Bonchev–Trinajstić information content (AvgIpc) is 2.03. The van der Waals surface area contributed by atoms with Crippen molar-refractivity contribution in [2.75, 3.05) is 12.8 Å². The molecule has 0 fully saturated rings. The molecule has 1 heterocycles. The maximum atomic E-state index is 5.96. The van der Waals surface area contributed by atoms with Crippen molar-refractivity contribution in [1.29, 1.82) is 0 Å². The van der Waals surface area contributed by atoms with Gasteiger partial charge in [0, 0.05) is 0 Å². The number of pyridine rings is 1. The molecule has 0 radical (unpaired) electrons. The zero-order valence-corrected chi connectivity index (χ0v) is 8.72. The van der Waals surface area contributed by atoms with E-state index in [4.69, 9.17) is 22.1 Å². The molecule has 1 aromatic heterocycles. The third kappa shape index (κ3) is 2.04. The predicted molar refractivity (Wildman–Crippen MR) is 54.3 cm³/mol. The van der Waals surface area contributed by atoms with E-state index >= 15 is 0 Å². The number of halogens is 1. The second kappa shape index (κ2) is 3.83. The molecule has 0 spiro atoms. The quantitative estimate of drug-likeness (QED) is 0.798. The zero-order valence-electron chi connectivity index (χ0n) is 7.97. The summed E-state index contributed by atoms with van der Waals surface area (Å²) in [7, 11) is 1.54. The first-order valence-electron chi connectivity index (χ1n) is 4.06. The van der Waals surface area contributed by atoms with E-state index in [1.165, 1.54) is 7.11 Å². The molecule has 1 aromatic rings. The van der Waals surface area contributed by atoms with Crippen LogP contribution in [0.25, 0.3) is 0 Å². The van der Waals surface area contributed by atoms with E-state index < -0.39 is 0 Å². The topological polar surface area (TPSA) is 48.1 Å². The number of hydrogen-bond donors (Lipinski definition) is 1. The van der Waals surface area contributed by atoms with Crippen LogP contribution in [0.15, 0.2) is 6.07 Å². The number of methoxy groups -OCH3 is 1. The van der Waals surface area contributed by atoms with Gasteiger partial charge >= 0.3 is 0 Å². The fourth-order valence-corrected chi connectivity index (χ4v) is 1.45. The molecule has 1 rings (SSSR count). The summed E-state index contributed by atoms with van der Waals surface area (Å²) in [6.45, 7) is 4.04. The third-order valence-electron chi connectivity index (χ3n) is 1.74. The molecule has 0 amide bonds. The molecule has 4 heteroatoms. The molecule has 0 bridgehead atoms. The molecule has 0 aliphatic heterocycles. The molecule has 0 aromatic carbocycles. The van der Waals surface area contributed by atoms with Gasteiger partial charge in [0.15, 0.2) is 0 Å². The minimum absolute atomic E-state index is 0.266. The minimum atomic E-state index is 0.266. The van der Waals surface area contributed by atoms with E-state index in [1.807, 2.05) is 13.8 Å². The first-order valence-corrected chi connectivity index (χ1v) is 4.44. The van der Waals surface area contributed by atoms with E-state index in [0.29, 0.717) is 16.6 Å². The van der Waals surface area contributed by atoms with Crippen molar-refractivity contribution < 1.29 is 4.74 Å². The Kier molecular flexibility index (Phi) is 2.98. The van der Waals surface area contributed by atoms with Gasteiger partial charge in [-0.2, -0.15) is 0 Å². The number of aromatic nitrogens is 1. The summed E-state index contributed by atoms with van der Waals surface area (Å²) in [5, 5.41) is 0.591. The van der Waals surface area contributed by atoms with Crippen LogP contribution in [0.5, 0.6) is 5.88 Å². The van der Waals surface area contributed by atoms with Crippen LogP contribution in [-0.4, -0.2) is 12.1 Å². The summed E-state index contributed by atoms with van der Waals surface area (Å²) < 4.78 is 5.00. The highest BCUT2D eigenvalue weighted by Crippen LogP contribution is 2.29. The van der Waals surface area contributed by atoms with Crippen LogP contribution in [0.4, 0.5) is 5.69 Å². The van der Waals surface area contributed by atoms with Crippen LogP contribution in [-0.2, 0) is 0 Å². The Labute approximate surface area is 82.9 Å². The van der Waals surface area contributed by atoms with Crippen molar-refractivity contribution in [3.8, 4) is 5.88 Å². The van der Waals surface area contributed by atoms with Crippen LogP contribution in [0.2, 0.25) is 5.02 Å². The third-order valence-corrected chi connectivity index (χ3v) is 2.04. The van der Waals surface area contributed by atoms with Gasteiger partial charge in [-0.1, -0.05) is 25.4 Å². The summed E-state index contributed by atoms with van der Waals surface area (Å²) in [4.78, 5) is 4.21. The number of ether oxygens (including phenoxy) is 1. The monoisotopic (exact) mass is 200 g/mol. The Morgan fingerprint density at radius 2 is 2.15 bits per heavy atom. The van der Waals surface area contributed by atoms with Crippen molar-refractivity contribution >= 4 is 17.3 Å². The Hall–Kier alpha value is -0.960. The van der Waals surface area contributed by atoms with Crippen molar-refractivity contribution in [3.05, 3.63) is 16.8 Å². The number of anilines is 1. The van der Waals surface area contributed by atoms with Gasteiger partial charge in [-0.25, -0.2) is 4.98 Å². The maximum Gasteiger partial charge on any atom is 0.237 e. The van der Waals surface area contributed by atoms with Gasteiger partial charge < -0.3 is 10.5 Å². The summed E-state index contributed by atoms with van der Waals surface area (Å²) in [6, 6.07) is 1.67. The lowest BCUT2D eigenvalue weighted by Crippen LogP contribution is -2.01. The van der Waals surface area contributed by atoms with Gasteiger partial charge in [0.1, 0.15) is 0 Å². The molecule has 72 valence electrons. The van der Waals surface area contributed by atoms with E-state index in [9.17, 15) is 0 Å². The number of nitrogen functional groups attached to an aromatic ring is 1. The van der Waals surface area contributed by atoms with E-state index in [2.05, 4.69) is 4.98 Å². The van der Waals surface area contributed by atoms with Crippen LogP contribution < -0.4 is 10.5 Å². The summed E-state index contributed by atoms with van der Waals surface area (Å²) in [5.41, 5.74) is 6.91. The van der Waals surface area contributed by atoms with Crippen LogP contribution in [0.1, 0.15) is 25.5 Å². The lowest BCUT2D eigenvalue weighted by atomic mass is 10.1. The van der Waals surface area contributed by atoms with Gasteiger partial charge in [-0.05, 0) is 12.0 Å². The van der Waals surface area contributed by atoms with Crippen LogP contribution >= 0.6 is 11.6 Å². The summed E-state index contributed by atoms with van der Waals surface area (Å²) in [6.07, 6.45) is 0. The number of rotatable bonds is 2. The van der Waals surface area contributed by atoms with Crippen LogP contribution in [0.3, 0.4) is 0 Å². The van der Waals surface area contributed by atoms with Gasteiger partial charge in [-0.3, -0.25) is 0 Å². The predicted octanol–water partition coefficient (Wildman–Crippen LogP) is 2.45. The molecule has 0 atom stereocenters. The van der Waals surface area contributed by atoms with E-state index in [-0.39, 0.29) is 5.92 Å². The minimum Gasteiger partial charge on any atom is -0.480 e. The number of nitrogens with two attached hydrogens (primary N) is 1. The molecule has 0 aliphatic rings. The second-order valence-electron chi connectivity index (χ2n) is 3.11. The van der Waals surface area contributed by atoms with Crippen molar-refractivity contribution in [2.24, 2.45) is 0 Å².